The number of aromatic hydroxyl groups is 1. The number of hydrogen-bond acceptors (Lipinski definition) is 3. The molecule has 1 aliphatic rings. The molecule has 6 heteroatoms. The van der Waals surface area contributed by atoms with Crippen LogP contribution in [0.1, 0.15) is 23.2 Å². The largest absolute Gasteiger partial charge is 0.507 e. The monoisotopic (exact) mass is 282 g/mol. The van der Waals surface area contributed by atoms with Crippen molar-refractivity contribution in [3.63, 3.8) is 0 Å². The van der Waals surface area contributed by atoms with Crippen molar-refractivity contribution < 1.29 is 14.7 Å². The number of primary amides is 1. The Morgan fingerprint density at radius 3 is 2.79 bits per heavy atom. The topological polar surface area (TPSA) is 83.6 Å². The van der Waals surface area contributed by atoms with E-state index in [0.29, 0.717) is 24.5 Å². The second-order valence-electron chi connectivity index (χ2n) is 4.65. The molecular weight excluding hydrogens is 268 g/mol. The first-order valence-corrected chi connectivity index (χ1v) is 6.44. The van der Waals surface area contributed by atoms with Gasteiger partial charge in [0, 0.05) is 18.1 Å². The average Bonchev–Trinajstić information content (AvgIpc) is 2.38. The van der Waals surface area contributed by atoms with Crippen LogP contribution in [0.25, 0.3) is 0 Å². The predicted molar refractivity (Wildman–Crippen MR) is 70.9 cm³/mol. The molecule has 1 aromatic carbocycles. The van der Waals surface area contributed by atoms with Gasteiger partial charge in [-0.1, -0.05) is 11.6 Å². The molecule has 2 amide bonds. The maximum atomic E-state index is 12.3. The number of hydrogen-bond donors (Lipinski definition) is 2. The molecule has 1 heterocycles. The number of phenolic OH excluding ortho intramolecular Hbond substituents is 1. The Balaban J connectivity index is 2.17. The van der Waals surface area contributed by atoms with Crippen LogP contribution in [-0.4, -0.2) is 34.9 Å². The van der Waals surface area contributed by atoms with Gasteiger partial charge in [0.1, 0.15) is 5.75 Å². The van der Waals surface area contributed by atoms with Crippen LogP contribution in [0.4, 0.5) is 0 Å². The number of phenols is 1. The first kappa shape index (κ1) is 13.7. The number of rotatable bonds is 2. The van der Waals surface area contributed by atoms with E-state index in [-0.39, 0.29) is 23.1 Å². The van der Waals surface area contributed by atoms with E-state index in [1.165, 1.54) is 12.1 Å². The Morgan fingerprint density at radius 2 is 2.16 bits per heavy atom. The maximum Gasteiger partial charge on any atom is 0.257 e. The number of amides is 2. The highest BCUT2D eigenvalue weighted by molar-refractivity contribution is 6.30. The first-order chi connectivity index (χ1) is 8.99. The lowest BCUT2D eigenvalue weighted by Gasteiger charge is -2.31. The van der Waals surface area contributed by atoms with Crippen LogP contribution >= 0.6 is 11.6 Å². The van der Waals surface area contributed by atoms with E-state index in [1.807, 2.05) is 0 Å². The standard InChI is InChI=1S/C13H15ClN2O3/c14-9-3-4-10(11(17)6-9)13(19)16-5-1-2-8(7-16)12(15)18/h3-4,6,8,17H,1-2,5,7H2,(H2,15,18). The van der Waals surface area contributed by atoms with Crippen LogP contribution in [0.15, 0.2) is 18.2 Å². The average molecular weight is 283 g/mol. The Hall–Kier alpha value is -1.75. The maximum absolute atomic E-state index is 12.3. The molecule has 0 aromatic heterocycles. The van der Waals surface area contributed by atoms with Crippen LogP contribution in [0.3, 0.4) is 0 Å². The Labute approximate surface area is 116 Å². The quantitative estimate of drug-likeness (QED) is 0.859. The molecule has 102 valence electrons. The molecule has 1 atom stereocenters. The highest BCUT2D eigenvalue weighted by Crippen LogP contribution is 2.25. The SMILES string of the molecule is NC(=O)C1CCCN(C(=O)c2ccc(Cl)cc2O)C1. The van der Waals surface area contributed by atoms with Gasteiger partial charge in [-0.05, 0) is 31.0 Å². The molecule has 5 nitrogen and oxygen atoms in total. The zero-order valence-corrected chi connectivity index (χ0v) is 11.1. The van der Waals surface area contributed by atoms with Gasteiger partial charge in [0.2, 0.25) is 5.91 Å². The van der Waals surface area contributed by atoms with E-state index in [0.717, 1.165) is 6.42 Å². The van der Waals surface area contributed by atoms with Gasteiger partial charge in [-0.2, -0.15) is 0 Å². The normalized spacial score (nSPS) is 19.2. The van der Waals surface area contributed by atoms with Crippen LogP contribution in [0.2, 0.25) is 5.02 Å². The number of likely N-dealkylation sites (tertiary alicyclic amines) is 1. The minimum Gasteiger partial charge on any atom is -0.507 e. The van der Waals surface area contributed by atoms with Crippen molar-refractivity contribution in [2.24, 2.45) is 11.7 Å². The second kappa shape index (κ2) is 5.48. The molecule has 0 spiro atoms. The summed E-state index contributed by atoms with van der Waals surface area (Å²) in [6.45, 7) is 0.862. The van der Waals surface area contributed by atoms with Crippen molar-refractivity contribution in [3.8, 4) is 5.75 Å². The van der Waals surface area contributed by atoms with Gasteiger partial charge in [0.15, 0.2) is 0 Å². The van der Waals surface area contributed by atoms with Crippen LogP contribution in [0, 0.1) is 5.92 Å². The highest BCUT2D eigenvalue weighted by atomic mass is 35.5. The predicted octanol–water partition coefficient (Wildman–Crippen LogP) is 1.38. The minimum atomic E-state index is -0.391. The summed E-state index contributed by atoms with van der Waals surface area (Å²) in [5.74, 6) is -1.16. The summed E-state index contributed by atoms with van der Waals surface area (Å²) in [4.78, 5) is 25.0. The first-order valence-electron chi connectivity index (χ1n) is 6.06. The molecule has 3 N–H and O–H groups in total. The van der Waals surface area contributed by atoms with Crippen LogP contribution < -0.4 is 5.73 Å². The van der Waals surface area contributed by atoms with E-state index < -0.39 is 5.91 Å². The molecule has 0 aliphatic carbocycles. The van der Waals surface area contributed by atoms with Crippen molar-refractivity contribution in [1.82, 2.24) is 4.90 Å². The van der Waals surface area contributed by atoms with Gasteiger partial charge in [-0.3, -0.25) is 9.59 Å². The zero-order chi connectivity index (χ0) is 14.0. The molecule has 1 aromatic rings. The molecular formula is C13H15ClN2O3. The number of nitrogens with two attached hydrogens (primary N) is 1. The second-order valence-corrected chi connectivity index (χ2v) is 5.09. The van der Waals surface area contributed by atoms with Gasteiger partial charge in [-0.15, -0.1) is 0 Å². The number of halogens is 1. The van der Waals surface area contributed by atoms with Crippen molar-refractivity contribution >= 4 is 23.4 Å². The summed E-state index contributed by atoms with van der Waals surface area (Å²) in [5.41, 5.74) is 5.46. The third-order valence-corrected chi connectivity index (χ3v) is 3.54. The number of nitrogens with zero attached hydrogens (tertiary/aromatic N) is 1. The Kier molecular flexibility index (Phi) is 3.95. The van der Waals surface area contributed by atoms with Gasteiger partial charge in [0.05, 0.1) is 11.5 Å². The zero-order valence-electron chi connectivity index (χ0n) is 10.3. The lowest BCUT2D eigenvalue weighted by Crippen LogP contribution is -2.44. The lowest BCUT2D eigenvalue weighted by molar-refractivity contribution is -0.123. The fourth-order valence-corrected chi connectivity index (χ4v) is 2.42. The summed E-state index contributed by atoms with van der Waals surface area (Å²) in [5, 5.41) is 10.1. The van der Waals surface area contributed by atoms with E-state index >= 15 is 0 Å². The highest BCUT2D eigenvalue weighted by Gasteiger charge is 2.28. The number of benzene rings is 1. The summed E-state index contributed by atoms with van der Waals surface area (Å²) < 4.78 is 0. The third kappa shape index (κ3) is 2.98. The molecule has 1 saturated heterocycles. The van der Waals surface area contributed by atoms with Gasteiger partial charge in [-0.25, -0.2) is 0 Å². The number of carbonyl (C=O) groups is 2. The van der Waals surface area contributed by atoms with E-state index in [4.69, 9.17) is 17.3 Å². The van der Waals surface area contributed by atoms with Gasteiger partial charge >= 0.3 is 0 Å². The fraction of sp³-hybridized carbons (Fsp3) is 0.385. The summed E-state index contributed by atoms with van der Waals surface area (Å²) in [6.07, 6.45) is 1.43. The lowest BCUT2D eigenvalue weighted by atomic mass is 9.97. The smallest absolute Gasteiger partial charge is 0.257 e. The number of piperidine rings is 1. The van der Waals surface area contributed by atoms with E-state index in [2.05, 4.69) is 0 Å². The Bertz CT molecular complexity index is 519. The third-order valence-electron chi connectivity index (χ3n) is 3.30. The fourth-order valence-electron chi connectivity index (χ4n) is 2.25. The van der Waals surface area contributed by atoms with Crippen molar-refractivity contribution in [2.75, 3.05) is 13.1 Å². The Morgan fingerprint density at radius 1 is 1.42 bits per heavy atom. The van der Waals surface area contributed by atoms with Crippen LogP contribution in [0.5, 0.6) is 5.75 Å². The van der Waals surface area contributed by atoms with Crippen molar-refractivity contribution in [3.05, 3.63) is 28.8 Å². The molecule has 0 bridgehead atoms. The molecule has 1 unspecified atom stereocenters. The van der Waals surface area contributed by atoms with Crippen molar-refractivity contribution in [2.45, 2.75) is 12.8 Å². The van der Waals surface area contributed by atoms with Crippen LogP contribution in [-0.2, 0) is 4.79 Å². The van der Waals surface area contributed by atoms with Crippen molar-refractivity contribution in [1.29, 1.82) is 0 Å². The van der Waals surface area contributed by atoms with Gasteiger partial charge < -0.3 is 15.7 Å². The summed E-state index contributed by atoms with van der Waals surface area (Å²) in [6, 6.07) is 4.35. The minimum absolute atomic E-state index is 0.154. The molecule has 19 heavy (non-hydrogen) atoms. The molecule has 0 radical (unpaired) electrons. The molecule has 2 rings (SSSR count). The van der Waals surface area contributed by atoms with E-state index in [9.17, 15) is 14.7 Å². The molecule has 0 saturated carbocycles. The van der Waals surface area contributed by atoms with Gasteiger partial charge in [0.25, 0.3) is 5.91 Å². The molecule has 1 fully saturated rings. The molecule has 1 aliphatic heterocycles. The summed E-state index contributed by atoms with van der Waals surface area (Å²) >= 11 is 5.73. The van der Waals surface area contributed by atoms with E-state index in [1.54, 1.807) is 11.0 Å². The summed E-state index contributed by atoms with van der Waals surface area (Å²) in [7, 11) is 0. The number of carbonyl (C=O) groups excluding carboxylic acids is 2.